The van der Waals surface area contributed by atoms with E-state index >= 15 is 0 Å². The van der Waals surface area contributed by atoms with E-state index in [9.17, 15) is 0 Å². The van der Waals surface area contributed by atoms with E-state index in [1.54, 1.807) is 0 Å². The predicted molar refractivity (Wildman–Crippen MR) is 249 cm³/mol. The molecule has 0 N–H and O–H groups in total. The summed E-state index contributed by atoms with van der Waals surface area (Å²) < 4.78 is 0. The largest absolute Gasteiger partial charge is 0.208 e. The zero-order valence-corrected chi connectivity index (χ0v) is 32.9. The molecule has 0 aliphatic heterocycles. The van der Waals surface area contributed by atoms with Gasteiger partial charge in [0.1, 0.15) is 0 Å². The number of hydrogen-bond donors (Lipinski definition) is 0. The van der Waals surface area contributed by atoms with E-state index in [0.717, 1.165) is 55.6 Å². The van der Waals surface area contributed by atoms with Gasteiger partial charge in [0, 0.05) is 16.7 Å². The quantitative estimate of drug-likeness (QED) is 0.147. The van der Waals surface area contributed by atoms with Crippen LogP contribution in [-0.4, -0.2) is 15.0 Å². The van der Waals surface area contributed by atoms with Crippen molar-refractivity contribution in [1.82, 2.24) is 15.0 Å². The Kier molecular flexibility index (Phi) is 9.97. The fourth-order valence-electron chi connectivity index (χ4n) is 8.00. The van der Waals surface area contributed by atoms with E-state index in [0.29, 0.717) is 17.5 Å². The number of rotatable bonds is 9. The highest BCUT2D eigenvalue weighted by molar-refractivity contribution is 5.91. The second-order valence-corrected chi connectivity index (χ2v) is 14.8. The molecule has 0 amide bonds. The molecule has 0 atom stereocenters. The first-order valence-corrected chi connectivity index (χ1v) is 20.3. The zero-order valence-electron chi connectivity index (χ0n) is 32.9. The first-order valence-electron chi connectivity index (χ1n) is 20.3. The van der Waals surface area contributed by atoms with Gasteiger partial charge >= 0.3 is 0 Å². The molecule has 1 aromatic heterocycles. The molecular weight excluding hydrogens is 727 g/mol. The fourth-order valence-corrected chi connectivity index (χ4v) is 8.00. The minimum absolute atomic E-state index is 0.612. The van der Waals surface area contributed by atoms with E-state index in [2.05, 4.69) is 231 Å². The first kappa shape index (κ1) is 36.3. The van der Waals surface area contributed by atoms with Gasteiger partial charge in [0.15, 0.2) is 17.5 Å². The van der Waals surface area contributed by atoms with E-state index in [1.807, 2.05) is 6.07 Å². The third kappa shape index (κ3) is 7.44. The molecule has 10 rings (SSSR count). The topological polar surface area (TPSA) is 38.7 Å². The molecule has 3 heteroatoms. The second-order valence-electron chi connectivity index (χ2n) is 14.8. The Morgan fingerprint density at radius 1 is 0.167 bits per heavy atom. The maximum absolute atomic E-state index is 5.28. The van der Waals surface area contributed by atoms with Gasteiger partial charge in [0.2, 0.25) is 0 Å². The van der Waals surface area contributed by atoms with Crippen LogP contribution in [0.15, 0.2) is 237 Å². The molecule has 282 valence electrons. The average Bonchev–Trinajstić information content (AvgIpc) is 3.35. The number of hydrogen-bond acceptors (Lipinski definition) is 3. The lowest BCUT2D eigenvalue weighted by atomic mass is 9.91. The van der Waals surface area contributed by atoms with Crippen molar-refractivity contribution >= 4 is 0 Å². The predicted octanol–water partition coefficient (Wildman–Crippen LogP) is 14.9. The van der Waals surface area contributed by atoms with Crippen LogP contribution in [0.5, 0.6) is 0 Å². The second kappa shape index (κ2) is 16.5. The summed E-state index contributed by atoms with van der Waals surface area (Å²) >= 11 is 0. The molecule has 0 saturated carbocycles. The molecule has 0 spiro atoms. The molecule has 1 heterocycles. The van der Waals surface area contributed by atoms with Crippen molar-refractivity contribution in [2.45, 2.75) is 0 Å². The van der Waals surface area contributed by atoms with E-state index in [-0.39, 0.29) is 0 Å². The van der Waals surface area contributed by atoms with Crippen LogP contribution < -0.4 is 0 Å². The van der Waals surface area contributed by atoms with Crippen molar-refractivity contribution in [3.05, 3.63) is 237 Å². The smallest absolute Gasteiger partial charge is 0.164 e. The summed E-state index contributed by atoms with van der Waals surface area (Å²) in [6, 6.07) is 82.9. The van der Waals surface area contributed by atoms with Crippen LogP contribution >= 0.6 is 0 Å². The minimum Gasteiger partial charge on any atom is -0.208 e. The average molecular weight is 766 g/mol. The van der Waals surface area contributed by atoms with E-state index < -0.39 is 0 Å². The van der Waals surface area contributed by atoms with Crippen LogP contribution in [0.2, 0.25) is 0 Å². The minimum atomic E-state index is 0.612. The summed E-state index contributed by atoms with van der Waals surface area (Å²) in [5, 5.41) is 0. The third-order valence-electron chi connectivity index (χ3n) is 11.0. The molecule has 10 aromatic rings. The van der Waals surface area contributed by atoms with Gasteiger partial charge in [0.05, 0.1) is 0 Å². The molecule has 0 bridgehead atoms. The molecule has 0 aliphatic rings. The number of benzene rings is 9. The van der Waals surface area contributed by atoms with Crippen molar-refractivity contribution in [2.24, 2.45) is 0 Å². The lowest BCUT2D eigenvalue weighted by Crippen LogP contribution is -2.01. The summed E-state index contributed by atoms with van der Waals surface area (Å²) in [5.74, 6) is 1.84. The van der Waals surface area contributed by atoms with Crippen LogP contribution in [0.4, 0.5) is 0 Å². The number of nitrogens with zero attached hydrogens (tertiary/aromatic N) is 3. The third-order valence-corrected chi connectivity index (χ3v) is 11.0. The molecule has 9 aromatic carbocycles. The molecule has 3 nitrogen and oxygen atoms in total. The fraction of sp³-hybridized carbons (Fsp3) is 0. The Morgan fingerprint density at radius 3 is 1.00 bits per heavy atom. The van der Waals surface area contributed by atoms with Gasteiger partial charge in [-0.2, -0.15) is 0 Å². The van der Waals surface area contributed by atoms with E-state index in [4.69, 9.17) is 15.0 Å². The standard InChI is InChI=1S/C57H39N3/c1-4-18-40(19-5-1)45-24-16-25-46(38-45)47-26-17-27-48(39-47)56-58-55(44-36-34-43(35-37-44)50-29-11-10-28-49(50)41-20-6-2-7-21-41)59-57(60-56)54-33-15-14-32-53(54)52-31-13-12-30-51(52)42-22-8-3-9-23-42/h1-39H. The van der Waals surface area contributed by atoms with Crippen LogP contribution in [0, 0.1) is 0 Å². The van der Waals surface area contributed by atoms with Gasteiger partial charge in [-0.1, -0.05) is 224 Å². The van der Waals surface area contributed by atoms with Crippen LogP contribution in [0.25, 0.3) is 101 Å². The summed E-state index contributed by atoms with van der Waals surface area (Å²) in [5.41, 5.74) is 16.5. The highest BCUT2D eigenvalue weighted by Crippen LogP contribution is 2.39. The van der Waals surface area contributed by atoms with Crippen LogP contribution in [0.1, 0.15) is 0 Å². The van der Waals surface area contributed by atoms with Crippen molar-refractivity contribution in [3.8, 4) is 101 Å². The Hall–Kier alpha value is -8.01. The van der Waals surface area contributed by atoms with E-state index in [1.165, 1.54) is 27.8 Å². The molecule has 60 heavy (non-hydrogen) atoms. The Balaban J connectivity index is 1.11. The Bertz CT molecular complexity index is 3070. The summed E-state index contributed by atoms with van der Waals surface area (Å²) in [4.78, 5) is 15.7. The highest BCUT2D eigenvalue weighted by atomic mass is 15.0. The summed E-state index contributed by atoms with van der Waals surface area (Å²) in [7, 11) is 0. The molecule has 0 radical (unpaired) electrons. The molecule has 0 fully saturated rings. The van der Waals surface area contributed by atoms with Gasteiger partial charge in [-0.05, 0) is 78.9 Å². The molecular formula is C57H39N3. The first-order chi connectivity index (χ1) is 29.7. The Labute approximate surface area is 351 Å². The van der Waals surface area contributed by atoms with Crippen molar-refractivity contribution in [3.63, 3.8) is 0 Å². The molecule has 0 saturated heterocycles. The van der Waals surface area contributed by atoms with Gasteiger partial charge in [-0.25, -0.2) is 15.0 Å². The summed E-state index contributed by atoms with van der Waals surface area (Å²) in [6.45, 7) is 0. The normalized spacial score (nSPS) is 11.0. The lowest BCUT2D eigenvalue weighted by Gasteiger charge is -2.15. The molecule has 0 aliphatic carbocycles. The zero-order chi connectivity index (χ0) is 40.1. The van der Waals surface area contributed by atoms with Crippen molar-refractivity contribution in [1.29, 1.82) is 0 Å². The highest BCUT2D eigenvalue weighted by Gasteiger charge is 2.18. The Morgan fingerprint density at radius 2 is 0.467 bits per heavy atom. The van der Waals surface area contributed by atoms with Crippen LogP contribution in [-0.2, 0) is 0 Å². The summed E-state index contributed by atoms with van der Waals surface area (Å²) in [6.07, 6.45) is 0. The molecule has 0 unspecified atom stereocenters. The van der Waals surface area contributed by atoms with Crippen molar-refractivity contribution < 1.29 is 0 Å². The SMILES string of the molecule is c1ccc(-c2cccc(-c3cccc(-c4nc(-c5ccc(-c6ccccc6-c6ccccc6)cc5)nc(-c5ccccc5-c5ccccc5-c5ccccc5)n4)c3)c2)cc1. The van der Waals surface area contributed by atoms with Gasteiger partial charge < -0.3 is 0 Å². The number of aromatic nitrogens is 3. The van der Waals surface area contributed by atoms with Crippen LogP contribution in [0.3, 0.4) is 0 Å². The maximum atomic E-state index is 5.28. The lowest BCUT2D eigenvalue weighted by molar-refractivity contribution is 1.07. The maximum Gasteiger partial charge on any atom is 0.164 e. The monoisotopic (exact) mass is 765 g/mol. The van der Waals surface area contributed by atoms with Gasteiger partial charge in [0.25, 0.3) is 0 Å². The van der Waals surface area contributed by atoms with Gasteiger partial charge in [-0.3, -0.25) is 0 Å². The van der Waals surface area contributed by atoms with Crippen molar-refractivity contribution in [2.75, 3.05) is 0 Å². The van der Waals surface area contributed by atoms with Gasteiger partial charge in [-0.15, -0.1) is 0 Å².